The summed E-state index contributed by atoms with van der Waals surface area (Å²) in [5.41, 5.74) is 2.51. The van der Waals surface area contributed by atoms with Gasteiger partial charge >= 0.3 is 0 Å². The minimum Gasteiger partial charge on any atom is -0.480 e. The van der Waals surface area contributed by atoms with Crippen molar-refractivity contribution in [2.45, 2.75) is 20.3 Å². The molecule has 0 spiro atoms. The van der Waals surface area contributed by atoms with Gasteiger partial charge in [0.2, 0.25) is 5.88 Å². The molecule has 2 heterocycles. The first-order chi connectivity index (χ1) is 13.3. The number of carbonyl (C=O) groups excluding carboxylic acids is 1. The first-order valence-corrected chi connectivity index (χ1v) is 9.52. The second-order valence-corrected chi connectivity index (χ2v) is 7.94. The number of ether oxygens (including phenoxy) is 1. The molecule has 0 radical (unpaired) electrons. The number of benzene rings is 1. The van der Waals surface area contributed by atoms with Gasteiger partial charge in [0.1, 0.15) is 5.69 Å². The Balaban J connectivity index is 1.73. The normalized spacial score (nSPS) is 17.2. The fraction of sp³-hybridized carbons (Fsp3) is 0.364. The van der Waals surface area contributed by atoms with Gasteiger partial charge in [0.05, 0.1) is 7.11 Å². The number of aromatic nitrogens is 2. The molecule has 6 heteroatoms. The van der Waals surface area contributed by atoms with Crippen LogP contribution in [0.4, 0.5) is 0 Å². The summed E-state index contributed by atoms with van der Waals surface area (Å²) >= 11 is 6.00. The zero-order valence-electron chi connectivity index (χ0n) is 16.6. The number of likely N-dealkylation sites (tertiary alicyclic amines) is 1. The highest BCUT2D eigenvalue weighted by Crippen LogP contribution is 2.34. The van der Waals surface area contributed by atoms with E-state index in [4.69, 9.17) is 16.3 Å². The van der Waals surface area contributed by atoms with Crippen LogP contribution in [0.1, 0.15) is 36.3 Å². The Hall–Kier alpha value is -2.71. The van der Waals surface area contributed by atoms with Crippen molar-refractivity contribution in [3.05, 3.63) is 58.3 Å². The van der Waals surface area contributed by atoms with Crippen LogP contribution in [0.3, 0.4) is 0 Å². The molecule has 28 heavy (non-hydrogen) atoms. The molecule has 0 N–H and O–H groups in total. The molecule has 0 bridgehead atoms. The van der Waals surface area contributed by atoms with Crippen molar-refractivity contribution in [3.63, 3.8) is 0 Å². The Morgan fingerprint density at radius 2 is 2.14 bits per heavy atom. The SMILES string of the molecule is COc1cc(C(=O)N2CC/C(=C\C#Cc3cccc(Cl)c3)C(C)(C)C2)n(C)n1. The third kappa shape index (κ3) is 4.40. The van der Waals surface area contributed by atoms with Gasteiger partial charge in [-0.1, -0.05) is 48.9 Å². The van der Waals surface area contributed by atoms with Crippen LogP contribution in [-0.4, -0.2) is 40.8 Å². The van der Waals surface area contributed by atoms with Crippen LogP contribution in [-0.2, 0) is 7.05 Å². The quantitative estimate of drug-likeness (QED) is 0.721. The van der Waals surface area contributed by atoms with Gasteiger partial charge in [-0.05, 0) is 30.7 Å². The number of carbonyl (C=O) groups is 1. The zero-order chi connectivity index (χ0) is 20.3. The summed E-state index contributed by atoms with van der Waals surface area (Å²) in [6.45, 7) is 5.57. The number of methoxy groups -OCH3 is 1. The lowest BCUT2D eigenvalue weighted by Crippen LogP contribution is -2.45. The Labute approximate surface area is 170 Å². The summed E-state index contributed by atoms with van der Waals surface area (Å²) in [6, 6.07) is 9.19. The zero-order valence-corrected chi connectivity index (χ0v) is 17.4. The summed E-state index contributed by atoms with van der Waals surface area (Å²) in [7, 11) is 3.30. The van der Waals surface area contributed by atoms with Crippen molar-refractivity contribution in [1.29, 1.82) is 0 Å². The van der Waals surface area contributed by atoms with E-state index in [1.165, 1.54) is 5.57 Å². The Bertz CT molecular complexity index is 979. The van der Waals surface area contributed by atoms with E-state index < -0.39 is 0 Å². The van der Waals surface area contributed by atoms with E-state index in [0.717, 1.165) is 12.0 Å². The second kappa shape index (κ2) is 8.12. The maximum absolute atomic E-state index is 12.9. The largest absolute Gasteiger partial charge is 0.480 e. The van der Waals surface area contributed by atoms with Crippen LogP contribution < -0.4 is 4.74 Å². The van der Waals surface area contributed by atoms with E-state index in [9.17, 15) is 4.79 Å². The Morgan fingerprint density at radius 3 is 2.79 bits per heavy atom. The number of allylic oxidation sites excluding steroid dienone is 1. The molecule has 0 unspecified atom stereocenters. The number of piperidine rings is 1. The van der Waals surface area contributed by atoms with Crippen LogP contribution in [0, 0.1) is 17.3 Å². The molecule has 146 valence electrons. The van der Waals surface area contributed by atoms with Crippen molar-refractivity contribution in [3.8, 4) is 17.7 Å². The van der Waals surface area contributed by atoms with E-state index in [-0.39, 0.29) is 11.3 Å². The molecule has 1 aliphatic rings. The third-order valence-electron chi connectivity index (χ3n) is 4.97. The molecular formula is C22H24ClN3O2. The Kier molecular flexibility index (Phi) is 5.81. The van der Waals surface area contributed by atoms with Gasteiger partial charge in [0, 0.05) is 42.2 Å². The lowest BCUT2D eigenvalue weighted by Gasteiger charge is -2.40. The summed E-state index contributed by atoms with van der Waals surface area (Å²) in [6.07, 6.45) is 2.77. The highest BCUT2D eigenvalue weighted by atomic mass is 35.5. The van der Waals surface area contributed by atoms with Gasteiger partial charge in [0.25, 0.3) is 5.91 Å². The first kappa shape index (κ1) is 20.0. The fourth-order valence-corrected chi connectivity index (χ4v) is 3.56. The number of amides is 1. The molecule has 1 aromatic heterocycles. The standard InChI is InChI=1S/C22H24ClN3O2/c1-22(2)15-26(21(27)19-14-20(28-4)24-25(19)3)12-11-17(22)9-5-7-16-8-6-10-18(23)13-16/h6,8-10,13-14H,11-12,15H2,1-4H3/b17-9+. The molecule has 5 nitrogen and oxygen atoms in total. The van der Waals surface area contributed by atoms with E-state index in [2.05, 4.69) is 30.8 Å². The number of rotatable bonds is 2. The molecule has 1 aliphatic heterocycles. The molecule has 0 aliphatic carbocycles. The predicted octanol–water partition coefficient (Wildman–Crippen LogP) is 3.93. The number of aryl methyl sites for hydroxylation is 1. The lowest BCUT2D eigenvalue weighted by molar-refractivity contribution is 0.0652. The van der Waals surface area contributed by atoms with Crippen molar-refractivity contribution >= 4 is 17.5 Å². The van der Waals surface area contributed by atoms with Crippen LogP contribution in [0.15, 0.2) is 42.0 Å². The van der Waals surface area contributed by atoms with Gasteiger partial charge in [-0.3, -0.25) is 9.48 Å². The van der Waals surface area contributed by atoms with Crippen LogP contribution in [0.25, 0.3) is 0 Å². The van der Waals surface area contributed by atoms with E-state index in [0.29, 0.717) is 29.7 Å². The summed E-state index contributed by atoms with van der Waals surface area (Å²) in [5.74, 6) is 6.69. The first-order valence-electron chi connectivity index (χ1n) is 9.14. The van der Waals surface area contributed by atoms with Crippen LogP contribution in [0.2, 0.25) is 5.02 Å². The number of halogens is 1. The highest BCUT2D eigenvalue weighted by molar-refractivity contribution is 6.30. The summed E-state index contributed by atoms with van der Waals surface area (Å²) < 4.78 is 6.69. The van der Waals surface area contributed by atoms with Gasteiger partial charge in [0.15, 0.2) is 0 Å². The van der Waals surface area contributed by atoms with Crippen molar-refractivity contribution in [2.24, 2.45) is 12.5 Å². The fourth-order valence-electron chi connectivity index (χ4n) is 3.37. The van der Waals surface area contributed by atoms with Gasteiger partial charge < -0.3 is 9.64 Å². The molecule has 1 amide bonds. The highest BCUT2D eigenvalue weighted by Gasteiger charge is 2.34. The van der Waals surface area contributed by atoms with Crippen molar-refractivity contribution in [2.75, 3.05) is 20.2 Å². The molecule has 0 atom stereocenters. The number of nitrogens with zero attached hydrogens (tertiary/aromatic N) is 3. The summed E-state index contributed by atoms with van der Waals surface area (Å²) in [4.78, 5) is 14.8. The molecule has 3 rings (SSSR count). The molecular weight excluding hydrogens is 374 g/mol. The maximum Gasteiger partial charge on any atom is 0.272 e. The average molecular weight is 398 g/mol. The van der Waals surface area contributed by atoms with Crippen molar-refractivity contribution < 1.29 is 9.53 Å². The monoisotopic (exact) mass is 397 g/mol. The van der Waals surface area contributed by atoms with Gasteiger partial charge in [-0.15, -0.1) is 5.10 Å². The van der Waals surface area contributed by atoms with Crippen LogP contribution >= 0.6 is 11.6 Å². The van der Waals surface area contributed by atoms with E-state index in [1.54, 1.807) is 24.9 Å². The van der Waals surface area contributed by atoms with E-state index >= 15 is 0 Å². The topological polar surface area (TPSA) is 47.4 Å². The molecule has 2 aromatic rings. The van der Waals surface area contributed by atoms with Gasteiger partial charge in [-0.25, -0.2) is 0 Å². The lowest BCUT2D eigenvalue weighted by atomic mass is 9.78. The predicted molar refractivity (Wildman–Crippen MR) is 110 cm³/mol. The molecule has 1 saturated heterocycles. The van der Waals surface area contributed by atoms with Crippen molar-refractivity contribution in [1.82, 2.24) is 14.7 Å². The number of hydrogen-bond acceptors (Lipinski definition) is 3. The minimum atomic E-state index is -0.153. The van der Waals surface area contributed by atoms with Gasteiger partial charge in [-0.2, -0.15) is 0 Å². The Morgan fingerprint density at radius 1 is 1.36 bits per heavy atom. The summed E-state index contributed by atoms with van der Waals surface area (Å²) in [5, 5.41) is 4.86. The minimum absolute atomic E-state index is 0.0320. The third-order valence-corrected chi connectivity index (χ3v) is 5.20. The van der Waals surface area contributed by atoms with E-state index in [1.807, 2.05) is 35.2 Å². The smallest absolute Gasteiger partial charge is 0.272 e. The average Bonchev–Trinajstić information content (AvgIpc) is 3.03. The maximum atomic E-state index is 12.9. The molecule has 0 saturated carbocycles. The molecule has 1 aromatic carbocycles. The molecule has 1 fully saturated rings. The number of hydrogen-bond donors (Lipinski definition) is 0. The van der Waals surface area contributed by atoms with Crippen LogP contribution in [0.5, 0.6) is 5.88 Å². The second-order valence-electron chi connectivity index (χ2n) is 7.51.